The Bertz CT molecular complexity index is 897. The number of halogens is 1. The summed E-state index contributed by atoms with van der Waals surface area (Å²) in [5.41, 5.74) is 1.81. The van der Waals surface area contributed by atoms with Crippen LogP contribution in [0.3, 0.4) is 0 Å². The predicted molar refractivity (Wildman–Crippen MR) is 99.1 cm³/mol. The average molecular weight is 376 g/mol. The minimum absolute atomic E-state index is 0.0551. The Morgan fingerprint density at radius 1 is 1.23 bits per heavy atom. The van der Waals surface area contributed by atoms with Gasteiger partial charge in [0.15, 0.2) is 0 Å². The molecule has 1 heterocycles. The van der Waals surface area contributed by atoms with Crippen molar-refractivity contribution in [3.63, 3.8) is 0 Å². The van der Waals surface area contributed by atoms with E-state index < -0.39 is 10.0 Å². The minimum atomic E-state index is -3.40. The summed E-state index contributed by atoms with van der Waals surface area (Å²) < 4.78 is 38.2. The highest BCUT2D eigenvalue weighted by molar-refractivity contribution is 7.92. The number of amides is 1. The molecular formula is C19H21FN2O3S. The van der Waals surface area contributed by atoms with Gasteiger partial charge in [0, 0.05) is 23.8 Å². The van der Waals surface area contributed by atoms with Crippen molar-refractivity contribution in [2.24, 2.45) is 0 Å². The van der Waals surface area contributed by atoms with Gasteiger partial charge < -0.3 is 4.90 Å². The van der Waals surface area contributed by atoms with Crippen LogP contribution < -0.4 is 4.72 Å². The molecule has 0 bridgehead atoms. The molecule has 1 fully saturated rings. The molecule has 0 aliphatic carbocycles. The van der Waals surface area contributed by atoms with E-state index in [1.165, 1.54) is 12.1 Å². The first-order valence-corrected chi connectivity index (χ1v) is 10.3. The maximum absolute atomic E-state index is 13.1. The first-order chi connectivity index (χ1) is 12.3. The van der Waals surface area contributed by atoms with Crippen LogP contribution in [0.5, 0.6) is 0 Å². The molecule has 0 aromatic heterocycles. The highest BCUT2D eigenvalue weighted by Gasteiger charge is 2.29. The highest BCUT2D eigenvalue weighted by Crippen LogP contribution is 2.24. The molecule has 0 saturated carbocycles. The quantitative estimate of drug-likeness (QED) is 0.872. The zero-order chi connectivity index (χ0) is 18.7. The van der Waals surface area contributed by atoms with Gasteiger partial charge in [-0.25, -0.2) is 12.8 Å². The second-order valence-corrected chi connectivity index (χ2v) is 8.33. The summed E-state index contributed by atoms with van der Waals surface area (Å²) in [5.74, 6) is -0.393. The van der Waals surface area contributed by atoms with Crippen LogP contribution in [-0.4, -0.2) is 38.1 Å². The first kappa shape index (κ1) is 18.4. The van der Waals surface area contributed by atoms with Gasteiger partial charge in [0.2, 0.25) is 10.0 Å². The minimum Gasteiger partial charge on any atom is -0.335 e. The summed E-state index contributed by atoms with van der Waals surface area (Å²) >= 11 is 0. The number of sulfonamides is 1. The second kappa shape index (κ2) is 7.45. The molecule has 3 rings (SSSR count). The van der Waals surface area contributed by atoms with Gasteiger partial charge >= 0.3 is 0 Å². The largest absolute Gasteiger partial charge is 0.335 e. The van der Waals surface area contributed by atoms with E-state index in [-0.39, 0.29) is 17.8 Å². The molecule has 1 aliphatic rings. The van der Waals surface area contributed by atoms with Gasteiger partial charge in [0.05, 0.1) is 6.26 Å². The standard InChI is InChI=1S/C19H21FN2O3S/c1-26(24,25)21-17-5-2-4-15(13-17)19(23)22-11-3-6-18(22)12-14-7-9-16(20)10-8-14/h2,4-5,7-10,13,18,21H,3,6,11-12H2,1H3/t18-/m1/s1. The van der Waals surface area contributed by atoms with E-state index >= 15 is 0 Å². The van der Waals surface area contributed by atoms with Crippen LogP contribution in [0.2, 0.25) is 0 Å². The molecule has 5 nitrogen and oxygen atoms in total. The lowest BCUT2D eigenvalue weighted by Gasteiger charge is -2.25. The molecule has 26 heavy (non-hydrogen) atoms. The number of nitrogens with zero attached hydrogens (tertiary/aromatic N) is 1. The zero-order valence-corrected chi connectivity index (χ0v) is 15.3. The van der Waals surface area contributed by atoms with E-state index in [9.17, 15) is 17.6 Å². The number of likely N-dealkylation sites (tertiary alicyclic amines) is 1. The fraction of sp³-hybridized carbons (Fsp3) is 0.316. The number of carbonyl (C=O) groups is 1. The summed E-state index contributed by atoms with van der Waals surface area (Å²) in [6, 6.07) is 12.9. The maximum atomic E-state index is 13.1. The molecule has 1 N–H and O–H groups in total. The van der Waals surface area contributed by atoms with E-state index in [0.29, 0.717) is 24.2 Å². The number of rotatable bonds is 5. The van der Waals surface area contributed by atoms with E-state index in [1.54, 1.807) is 36.4 Å². The van der Waals surface area contributed by atoms with Crippen molar-refractivity contribution in [2.45, 2.75) is 25.3 Å². The van der Waals surface area contributed by atoms with Crippen LogP contribution in [0.15, 0.2) is 48.5 Å². The van der Waals surface area contributed by atoms with Crippen molar-refractivity contribution in [2.75, 3.05) is 17.5 Å². The highest BCUT2D eigenvalue weighted by atomic mass is 32.2. The third-order valence-electron chi connectivity index (χ3n) is 4.44. The summed E-state index contributed by atoms with van der Waals surface area (Å²) in [5, 5.41) is 0. The van der Waals surface area contributed by atoms with Crippen molar-refractivity contribution in [1.82, 2.24) is 4.90 Å². The molecule has 0 unspecified atom stereocenters. The number of hydrogen-bond acceptors (Lipinski definition) is 3. The van der Waals surface area contributed by atoms with Gasteiger partial charge in [0.25, 0.3) is 5.91 Å². The summed E-state index contributed by atoms with van der Waals surface area (Å²) in [7, 11) is -3.40. The van der Waals surface area contributed by atoms with Gasteiger partial charge in [-0.2, -0.15) is 0 Å². The van der Waals surface area contributed by atoms with Crippen LogP contribution in [0.4, 0.5) is 10.1 Å². The van der Waals surface area contributed by atoms with Gasteiger partial charge in [-0.3, -0.25) is 9.52 Å². The third kappa shape index (κ3) is 4.60. The van der Waals surface area contributed by atoms with E-state index in [2.05, 4.69) is 4.72 Å². The normalized spacial score (nSPS) is 17.3. The summed E-state index contributed by atoms with van der Waals surface area (Å²) in [4.78, 5) is 14.7. The Hall–Kier alpha value is -2.41. The molecule has 7 heteroatoms. The molecule has 1 atom stereocenters. The van der Waals surface area contributed by atoms with Gasteiger partial charge in [-0.05, 0) is 55.2 Å². The van der Waals surface area contributed by atoms with Crippen molar-refractivity contribution in [1.29, 1.82) is 0 Å². The lowest BCUT2D eigenvalue weighted by atomic mass is 10.0. The number of benzene rings is 2. The molecule has 0 spiro atoms. The Morgan fingerprint density at radius 2 is 1.96 bits per heavy atom. The lowest BCUT2D eigenvalue weighted by Crippen LogP contribution is -2.36. The molecule has 1 saturated heterocycles. The van der Waals surface area contributed by atoms with Crippen molar-refractivity contribution < 1.29 is 17.6 Å². The maximum Gasteiger partial charge on any atom is 0.254 e. The van der Waals surface area contributed by atoms with Crippen molar-refractivity contribution in [3.05, 3.63) is 65.5 Å². The van der Waals surface area contributed by atoms with Crippen molar-refractivity contribution in [3.8, 4) is 0 Å². The number of nitrogens with one attached hydrogen (secondary N) is 1. The first-order valence-electron chi connectivity index (χ1n) is 8.45. The van der Waals surface area contributed by atoms with Crippen LogP contribution in [0, 0.1) is 5.82 Å². The molecule has 2 aromatic rings. The number of carbonyl (C=O) groups excluding carboxylic acids is 1. The monoisotopic (exact) mass is 376 g/mol. The Labute approximate surface area is 152 Å². The molecular weight excluding hydrogens is 355 g/mol. The van der Waals surface area contributed by atoms with Crippen molar-refractivity contribution >= 4 is 21.6 Å². The third-order valence-corrected chi connectivity index (χ3v) is 5.04. The molecule has 1 amide bonds. The smallest absolute Gasteiger partial charge is 0.254 e. The average Bonchev–Trinajstić information content (AvgIpc) is 3.03. The SMILES string of the molecule is CS(=O)(=O)Nc1cccc(C(=O)N2CCC[C@@H]2Cc2ccc(F)cc2)c1. The lowest BCUT2D eigenvalue weighted by molar-refractivity contribution is 0.0736. The molecule has 0 radical (unpaired) electrons. The summed E-state index contributed by atoms with van der Waals surface area (Å²) in [6.07, 6.45) is 3.55. The fourth-order valence-corrected chi connectivity index (χ4v) is 3.86. The summed E-state index contributed by atoms with van der Waals surface area (Å²) in [6.45, 7) is 0.661. The van der Waals surface area contributed by atoms with Crippen LogP contribution in [0.1, 0.15) is 28.8 Å². The van der Waals surface area contributed by atoms with E-state index in [0.717, 1.165) is 24.7 Å². The van der Waals surface area contributed by atoms with Gasteiger partial charge in [0.1, 0.15) is 5.82 Å². The Morgan fingerprint density at radius 3 is 2.65 bits per heavy atom. The molecule has 1 aliphatic heterocycles. The topological polar surface area (TPSA) is 66.5 Å². The Kier molecular flexibility index (Phi) is 5.27. The number of anilines is 1. The van der Waals surface area contributed by atoms with Gasteiger partial charge in [-0.1, -0.05) is 18.2 Å². The molecule has 2 aromatic carbocycles. The Balaban J connectivity index is 1.75. The fourth-order valence-electron chi connectivity index (χ4n) is 3.30. The predicted octanol–water partition coefficient (Wildman–Crippen LogP) is 3.04. The van der Waals surface area contributed by atoms with Crippen LogP contribution in [0.25, 0.3) is 0 Å². The van der Waals surface area contributed by atoms with Gasteiger partial charge in [-0.15, -0.1) is 0 Å². The van der Waals surface area contributed by atoms with Crippen LogP contribution >= 0.6 is 0 Å². The van der Waals surface area contributed by atoms with E-state index in [4.69, 9.17) is 0 Å². The number of hydrogen-bond donors (Lipinski definition) is 1. The second-order valence-electron chi connectivity index (χ2n) is 6.58. The van der Waals surface area contributed by atoms with E-state index in [1.807, 2.05) is 4.90 Å². The zero-order valence-electron chi connectivity index (χ0n) is 14.5. The van der Waals surface area contributed by atoms with Crippen LogP contribution in [-0.2, 0) is 16.4 Å². The molecule has 138 valence electrons.